The molecule has 1 aromatic rings. The summed E-state index contributed by atoms with van der Waals surface area (Å²) in [5.41, 5.74) is 4.47. The molecule has 0 spiro atoms. The lowest BCUT2D eigenvalue weighted by Crippen LogP contribution is -2.08. The van der Waals surface area contributed by atoms with E-state index in [1.165, 1.54) is 12.1 Å². The minimum atomic E-state index is -4.43. The summed E-state index contributed by atoms with van der Waals surface area (Å²) in [6.07, 6.45) is -4.43. The first-order valence-electron chi connectivity index (χ1n) is 4.01. The highest BCUT2D eigenvalue weighted by atomic mass is 32.1. The van der Waals surface area contributed by atoms with Crippen LogP contribution in [-0.4, -0.2) is 5.75 Å². The van der Waals surface area contributed by atoms with E-state index < -0.39 is 11.7 Å². The van der Waals surface area contributed by atoms with Crippen LogP contribution in [0.3, 0.4) is 0 Å². The van der Waals surface area contributed by atoms with E-state index in [-0.39, 0.29) is 17.0 Å². The van der Waals surface area contributed by atoms with Crippen LogP contribution >= 0.6 is 12.6 Å². The van der Waals surface area contributed by atoms with E-state index >= 15 is 0 Å². The summed E-state index contributed by atoms with van der Waals surface area (Å²) in [6.45, 7) is 0. The van der Waals surface area contributed by atoms with Crippen LogP contribution in [-0.2, 0) is 6.18 Å². The van der Waals surface area contributed by atoms with Crippen LogP contribution in [0, 0.1) is 11.8 Å². The molecule has 0 aliphatic heterocycles. The molecule has 0 unspecified atom stereocenters. The predicted molar refractivity (Wildman–Crippen MR) is 56.6 cm³/mol. The monoisotopic (exact) mass is 231 g/mol. The van der Waals surface area contributed by atoms with Crippen molar-refractivity contribution < 1.29 is 13.2 Å². The highest BCUT2D eigenvalue weighted by molar-refractivity contribution is 7.80. The van der Waals surface area contributed by atoms with Gasteiger partial charge in [-0.15, -0.1) is 0 Å². The van der Waals surface area contributed by atoms with Crippen molar-refractivity contribution in [1.29, 1.82) is 0 Å². The second-order valence-electron chi connectivity index (χ2n) is 2.76. The Labute approximate surface area is 90.9 Å². The Balaban J connectivity index is 3.27. The van der Waals surface area contributed by atoms with Gasteiger partial charge in [-0.25, -0.2) is 0 Å². The molecule has 0 fully saturated rings. The first kappa shape index (κ1) is 11.8. The van der Waals surface area contributed by atoms with Crippen molar-refractivity contribution >= 4 is 18.3 Å². The molecule has 0 radical (unpaired) electrons. The minimum Gasteiger partial charge on any atom is -0.399 e. The maximum atomic E-state index is 12.5. The molecule has 0 heterocycles. The number of alkyl halides is 3. The quantitative estimate of drug-likeness (QED) is 0.400. The lowest BCUT2D eigenvalue weighted by atomic mass is 10.1. The van der Waals surface area contributed by atoms with Crippen LogP contribution in [0.15, 0.2) is 18.2 Å². The molecule has 15 heavy (non-hydrogen) atoms. The fourth-order valence-electron chi connectivity index (χ4n) is 1.04. The lowest BCUT2D eigenvalue weighted by Gasteiger charge is -2.09. The highest BCUT2D eigenvalue weighted by Crippen LogP contribution is 2.32. The summed E-state index contributed by atoms with van der Waals surface area (Å²) < 4.78 is 37.5. The number of anilines is 1. The molecule has 1 aromatic carbocycles. The number of thiol groups is 1. The third kappa shape index (κ3) is 3.10. The van der Waals surface area contributed by atoms with Crippen molar-refractivity contribution in [2.75, 3.05) is 11.5 Å². The van der Waals surface area contributed by atoms with Crippen LogP contribution in [0.5, 0.6) is 0 Å². The zero-order valence-corrected chi connectivity index (χ0v) is 8.49. The first-order valence-corrected chi connectivity index (χ1v) is 4.65. The van der Waals surface area contributed by atoms with Gasteiger partial charge < -0.3 is 5.73 Å². The molecule has 0 bridgehead atoms. The molecule has 80 valence electrons. The van der Waals surface area contributed by atoms with Crippen LogP contribution < -0.4 is 5.73 Å². The van der Waals surface area contributed by atoms with E-state index in [1.54, 1.807) is 0 Å². The number of halogens is 3. The van der Waals surface area contributed by atoms with Crippen LogP contribution in [0.4, 0.5) is 18.9 Å². The Kier molecular flexibility index (Phi) is 3.53. The number of rotatable bonds is 0. The van der Waals surface area contributed by atoms with Gasteiger partial charge in [0.15, 0.2) is 0 Å². The summed E-state index contributed by atoms with van der Waals surface area (Å²) in [6, 6.07) is 3.52. The smallest absolute Gasteiger partial charge is 0.399 e. The molecule has 0 amide bonds. The zero-order valence-electron chi connectivity index (χ0n) is 7.60. The van der Waals surface area contributed by atoms with E-state index in [0.717, 1.165) is 6.07 Å². The number of benzene rings is 1. The molecule has 0 aliphatic rings. The average Bonchev–Trinajstić information content (AvgIpc) is 2.14. The number of hydrogen-bond acceptors (Lipinski definition) is 2. The molecule has 0 saturated carbocycles. The van der Waals surface area contributed by atoms with Crippen LogP contribution in [0.25, 0.3) is 0 Å². The van der Waals surface area contributed by atoms with Gasteiger partial charge in [-0.05, 0) is 18.2 Å². The number of hydrogen-bond donors (Lipinski definition) is 2. The van der Waals surface area contributed by atoms with E-state index in [2.05, 4.69) is 24.5 Å². The van der Waals surface area contributed by atoms with E-state index in [0.29, 0.717) is 0 Å². The normalized spacial score (nSPS) is 10.7. The Morgan fingerprint density at radius 3 is 2.53 bits per heavy atom. The van der Waals surface area contributed by atoms with Crippen LogP contribution in [0.2, 0.25) is 0 Å². The molecular formula is C10H8F3NS. The molecule has 0 aliphatic carbocycles. The van der Waals surface area contributed by atoms with Gasteiger partial charge in [0.05, 0.1) is 11.3 Å². The Bertz CT molecular complexity index is 415. The van der Waals surface area contributed by atoms with Crippen molar-refractivity contribution in [3.05, 3.63) is 29.3 Å². The van der Waals surface area contributed by atoms with Gasteiger partial charge >= 0.3 is 6.18 Å². The van der Waals surface area contributed by atoms with Gasteiger partial charge in [0, 0.05) is 11.3 Å². The molecule has 0 aromatic heterocycles. The third-order valence-electron chi connectivity index (χ3n) is 1.65. The molecule has 1 nitrogen and oxygen atoms in total. The van der Waals surface area contributed by atoms with Gasteiger partial charge in [-0.3, -0.25) is 0 Å². The van der Waals surface area contributed by atoms with Crippen molar-refractivity contribution in [3.8, 4) is 11.8 Å². The molecule has 5 heteroatoms. The average molecular weight is 231 g/mol. The molecule has 0 atom stereocenters. The largest absolute Gasteiger partial charge is 0.417 e. The standard InChI is InChI=1S/C10H8F3NS/c11-10(12,13)9-6-8(14)4-3-7(9)2-1-5-15/h3-4,6,15H,5,14H2. The molecule has 1 rings (SSSR count). The van der Waals surface area contributed by atoms with Crippen molar-refractivity contribution in [2.45, 2.75) is 6.18 Å². The van der Waals surface area contributed by atoms with Crippen molar-refractivity contribution in [3.63, 3.8) is 0 Å². The maximum Gasteiger partial charge on any atom is 0.417 e. The van der Waals surface area contributed by atoms with Gasteiger partial charge in [0.1, 0.15) is 0 Å². The molecular weight excluding hydrogens is 223 g/mol. The van der Waals surface area contributed by atoms with Crippen molar-refractivity contribution in [1.82, 2.24) is 0 Å². The summed E-state index contributed by atoms with van der Waals surface area (Å²) in [5, 5.41) is 0. The van der Waals surface area contributed by atoms with Gasteiger partial charge in [-0.1, -0.05) is 11.8 Å². The molecule has 2 N–H and O–H groups in total. The fraction of sp³-hybridized carbons (Fsp3) is 0.200. The topological polar surface area (TPSA) is 26.0 Å². The Hall–Kier alpha value is -1.28. The zero-order chi connectivity index (χ0) is 11.5. The van der Waals surface area contributed by atoms with E-state index in [4.69, 9.17) is 5.73 Å². The number of nitrogen functional groups attached to an aromatic ring is 1. The summed E-state index contributed by atoms with van der Waals surface area (Å²) in [7, 11) is 0. The summed E-state index contributed by atoms with van der Waals surface area (Å²) in [4.78, 5) is 0. The summed E-state index contributed by atoms with van der Waals surface area (Å²) in [5.74, 6) is 5.07. The lowest BCUT2D eigenvalue weighted by molar-refractivity contribution is -0.137. The maximum absolute atomic E-state index is 12.5. The summed E-state index contributed by atoms with van der Waals surface area (Å²) >= 11 is 3.80. The SMILES string of the molecule is Nc1ccc(C#CCS)c(C(F)(F)F)c1. The fourth-order valence-corrected chi connectivity index (χ4v) is 1.12. The first-order chi connectivity index (χ1) is 6.95. The third-order valence-corrected chi connectivity index (χ3v) is 1.81. The highest BCUT2D eigenvalue weighted by Gasteiger charge is 2.33. The Morgan fingerprint density at radius 1 is 1.33 bits per heavy atom. The predicted octanol–water partition coefficient (Wildman–Crippen LogP) is 2.57. The van der Waals surface area contributed by atoms with Gasteiger partial charge in [0.25, 0.3) is 0 Å². The number of nitrogens with two attached hydrogens (primary N) is 1. The second kappa shape index (κ2) is 4.49. The second-order valence-corrected chi connectivity index (χ2v) is 3.08. The van der Waals surface area contributed by atoms with E-state index in [1.807, 2.05) is 0 Å². The van der Waals surface area contributed by atoms with Crippen LogP contribution in [0.1, 0.15) is 11.1 Å². The molecule has 0 saturated heterocycles. The minimum absolute atomic E-state index is 0.0683. The Morgan fingerprint density at radius 2 is 2.00 bits per heavy atom. The van der Waals surface area contributed by atoms with E-state index in [9.17, 15) is 13.2 Å². The van der Waals surface area contributed by atoms with Crippen molar-refractivity contribution in [2.24, 2.45) is 0 Å². The van der Waals surface area contributed by atoms with Gasteiger partial charge in [0.2, 0.25) is 0 Å². The van der Waals surface area contributed by atoms with Gasteiger partial charge in [-0.2, -0.15) is 25.8 Å².